The molecule has 0 saturated carbocycles. The van der Waals surface area contributed by atoms with Gasteiger partial charge in [-0.25, -0.2) is 0 Å². The van der Waals surface area contributed by atoms with Crippen LogP contribution in [0.4, 0.5) is 0 Å². The standard InChI is InChI=1S/C35H34ClN7O4S/c1-19-20(2)48-35-30(19)31(23-8-10-25(36)11-9-23)40-26(33-42-41-21(3)43(33)35)18-29(44)38-13-6-14-39-34(45)28-17-24-15-22(7-5-12-37)16-27(46-4)32(24)47-28/h8-11,15-17,26H,6,12-14,18,37H2,1-4H3,(H,38,44)(H,39,45)/t26-/m0/s1. The molecule has 0 aliphatic carbocycles. The molecule has 1 aliphatic rings. The summed E-state index contributed by atoms with van der Waals surface area (Å²) in [6, 6.07) is 12.2. The van der Waals surface area contributed by atoms with Crippen molar-refractivity contribution in [1.82, 2.24) is 25.4 Å². The maximum Gasteiger partial charge on any atom is 0.287 e. The van der Waals surface area contributed by atoms with Gasteiger partial charge in [-0.15, -0.1) is 21.5 Å². The second kappa shape index (κ2) is 14.0. The van der Waals surface area contributed by atoms with Crippen molar-refractivity contribution < 1.29 is 18.7 Å². The van der Waals surface area contributed by atoms with Crippen LogP contribution in [-0.4, -0.2) is 59.0 Å². The fourth-order valence-corrected chi connectivity index (χ4v) is 6.94. The highest BCUT2D eigenvalue weighted by Crippen LogP contribution is 2.39. The summed E-state index contributed by atoms with van der Waals surface area (Å²) in [5, 5.41) is 16.9. The van der Waals surface area contributed by atoms with E-state index in [1.165, 1.54) is 12.0 Å². The molecule has 0 radical (unpaired) electrons. The van der Waals surface area contributed by atoms with Gasteiger partial charge in [-0.1, -0.05) is 35.6 Å². The lowest BCUT2D eigenvalue weighted by Crippen LogP contribution is -2.30. The number of nitrogens with zero attached hydrogens (tertiary/aromatic N) is 4. The predicted octanol–water partition coefficient (Wildman–Crippen LogP) is 5.19. The van der Waals surface area contributed by atoms with Crippen molar-refractivity contribution in [3.8, 4) is 22.6 Å². The lowest BCUT2D eigenvalue weighted by molar-refractivity contribution is -0.121. The molecule has 4 N–H and O–H groups in total. The number of methoxy groups -OCH3 is 1. The lowest BCUT2D eigenvalue weighted by Gasteiger charge is -2.13. The van der Waals surface area contributed by atoms with Crippen LogP contribution < -0.4 is 21.1 Å². The third kappa shape index (κ3) is 6.57. The fraction of sp³-hybridized carbons (Fsp3) is 0.286. The molecule has 1 atom stereocenters. The first-order chi connectivity index (χ1) is 23.2. The minimum absolute atomic E-state index is 0.0764. The number of aryl methyl sites for hydroxylation is 2. The Labute approximate surface area is 286 Å². The van der Waals surface area contributed by atoms with E-state index in [1.807, 2.05) is 41.8 Å². The molecule has 3 aromatic heterocycles. The summed E-state index contributed by atoms with van der Waals surface area (Å²) in [7, 11) is 1.53. The van der Waals surface area contributed by atoms with E-state index in [4.69, 9.17) is 31.5 Å². The maximum atomic E-state index is 13.2. The van der Waals surface area contributed by atoms with Crippen LogP contribution in [0.2, 0.25) is 5.02 Å². The highest BCUT2D eigenvalue weighted by molar-refractivity contribution is 7.15. The van der Waals surface area contributed by atoms with Crippen LogP contribution in [0.25, 0.3) is 16.0 Å². The number of amides is 2. The Morgan fingerprint density at radius 1 is 1.10 bits per heavy atom. The Balaban J connectivity index is 1.11. The van der Waals surface area contributed by atoms with Gasteiger partial charge >= 0.3 is 0 Å². The molecule has 11 nitrogen and oxygen atoms in total. The smallest absolute Gasteiger partial charge is 0.287 e. The first-order valence-corrected chi connectivity index (χ1v) is 16.6. The average molecular weight is 684 g/mol. The van der Waals surface area contributed by atoms with E-state index in [1.54, 1.807) is 23.5 Å². The normalized spacial score (nSPS) is 13.5. The molecule has 0 saturated heterocycles. The van der Waals surface area contributed by atoms with E-state index in [0.29, 0.717) is 52.6 Å². The summed E-state index contributed by atoms with van der Waals surface area (Å²) in [5.74, 6) is 7.19. The average Bonchev–Trinajstić information content (AvgIpc) is 3.74. The van der Waals surface area contributed by atoms with Crippen molar-refractivity contribution in [3.05, 3.63) is 92.0 Å². The predicted molar refractivity (Wildman–Crippen MR) is 187 cm³/mol. The Morgan fingerprint density at radius 2 is 1.88 bits per heavy atom. The fourth-order valence-electron chi connectivity index (χ4n) is 5.60. The number of hydrogen-bond donors (Lipinski definition) is 3. The first kappa shape index (κ1) is 33.0. The number of nitrogens with one attached hydrogen (secondary N) is 2. The topological polar surface area (TPSA) is 150 Å². The molecule has 5 aromatic rings. The molecule has 4 heterocycles. The number of furan rings is 1. The van der Waals surface area contributed by atoms with Crippen molar-refractivity contribution >= 4 is 51.4 Å². The van der Waals surface area contributed by atoms with E-state index in [9.17, 15) is 9.59 Å². The zero-order valence-corrected chi connectivity index (χ0v) is 28.5. The molecule has 246 valence electrons. The van der Waals surface area contributed by atoms with Gasteiger partial charge in [-0.2, -0.15) is 0 Å². The van der Waals surface area contributed by atoms with Gasteiger partial charge in [0, 0.05) is 45.1 Å². The van der Waals surface area contributed by atoms with Gasteiger partial charge in [0.2, 0.25) is 5.91 Å². The van der Waals surface area contributed by atoms with Crippen molar-refractivity contribution in [2.45, 2.75) is 39.7 Å². The number of hydrogen-bond acceptors (Lipinski definition) is 9. The van der Waals surface area contributed by atoms with Gasteiger partial charge in [-0.05, 0) is 63.1 Å². The number of nitrogens with two attached hydrogens (primary N) is 1. The minimum atomic E-state index is -0.567. The number of halogens is 1. The van der Waals surface area contributed by atoms with Gasteiger partial charge in [0.25, 0.3) is 5.91 Å². The number of rotatable bonds is 9. The molecule has 1 aliphatic heterocycles. The number of aromatic nitrogens is 3. The lowest BCUT2D eigenvalue weighted by atomic mass is 9.99. The summed E-state index contributed by atoms with van der Waals surface area (Å²) in [4.78, 5) is 32.4. The van der Waals surface area contributed by atoms with E-state index >= 15 is 0 Å². The van der Waals surface area contributed by atoms with Crippen LogP contribution in [0.3, 0.4) is 0 Å². The third-order valence-electron chi connectivity index (χ3n) is 8.06. The number of benzene rings is 2. The number of fused-ring (bicyclic) bond motifs is 4. The Morgan fingerprint density at radius 3 is 2.62 bits per heavy atom. The molecule has 48 heavy (non-hydrogen) atoms. The maximum absolute atomic E-state index is 13.2. The Kier molecular flexibility index (Phi) is 9.63. The van der Waals surface area contributed by atoms with Crippen LogP contribution in [0.5, 0.6) is 5.75 Å². The minimum Gasteiger partial charge on any atom is -0.493 e. The second-order valence-corrected chi connectivity index (χ2v) is 12.9. The van der Waals surface area contributed by atoms with Crippen LogP contribution in [0, 0.1) is 32.6 Å². The van der Waals surface area contributed by atoms with E-state index < -0.39 is 6.04 Å². The number of carbonyl (C=O) groups excluding carboxylic acids is 2. The summed E-state index contributed by atoms with van der Waals surface area (Å²) >= 11 is 7.86. The molecule has 13 heteroatoms. The number of ether oxygens (including phenoxy) is 1. The quantitative estimate of drug-likeness (QED) is 0.143. The Hall–Kier alpha value is -4.96. The number of carbonyl (C=O) groups is 2. The van der Waals surface area contributed by atoms with Crippen molar-refractivity contribution in [2.75, 3.05) is 26.7 Å². The van der Waals surface area contributed by atoms with Crippen LogP contribution in [-0.2, 0) is 4.79 Å². The first-order valence-electron chi connectivity index (χ1n) is 15.4. The number of thiophene rings is 1. The third-order valence-corrected chi connectivity index (χ3v) is 9.50. The highest BCUT2D eigenvalue weighted by atomic mass is 35.5. The van der Waals surface area contributed by atoms with Gasteiger partial charge in [0.1, 0.15) is 16.9 Å². The molecule has 6 rings (SSSR count). The number of aliphatic imine (C=N–C) groups is 1. The van der Waals surface area contributed by atoms with Crippen molar-refractivity contribution in [2.24, 2.45) is 10.7 Å². The van der Waals surface area contributed by atoms with Gasteiger partial charge in [0.05, 0.1) is 25.8 Å². The van der Waals surface area contributed by atoms with Gasteiger partial charge < -0.3 is 25.5 Å². The van der Waals surface area contributed by atoms with Gasteiger partial charge in [0.15, 0.2) is 22.9 Å². The van der Waals surface area contributed by atoms with Crippen molar-refractivity contribution in [3.63, 3.8) is 0 Å². The van der Waals surface area contributed by atoms with Crippen LogP contribution in [0.1, 0.15) is 68.2 Å². The van der Waals surface area contributed by atoms with E-state index in [2.05, 4.69) is 46.5 Å². The molecular formula is C35H34ClN7O4S. The summed E-state index contributed by atoms with van der Waals surface area (Å²) in [5.41, 5.74) is 10.5. The largest absolute Gasteiger partial charge is 0.493 e. The summed E-state index contributed by atoms with van der Waals surface area (Å²) in [6.07, 6.45) is 0.585. The zero-order chi connectivity index (χ0) is 33.9. The summed E-state index contributed by atoms with van der Waals surface area (Å²) in [6.45, 7) is 6.99. The molecule has 2 amide bonds. The summed E-state index contributed by atoms with van der Waals surface area (Å²) < 4.78 is 13.2. The van der Waals surface area contributed by atoms with E-state index in [0.717, 1.165) is 33.2 Å². The second-order valence-electron chi connectivity index (χ2n) is 11.3. The Bertz CT molecular complexity index is 2120. The van der Waals surface area contributed by atoms with Crippen molar-refractivity contribution in [1.29, 1.82) is 0 Å². The van der Waals surface area contributed by atoms with Gasteiger partial charge in [-0.3, -0.25) is 19.1 Å². The monoisotopic (exact) mass is 683 g/mol. The molecule has 0 bridgehead atoms. The molecular weight excluding hydrogens is 650 g/mol. The van der Waals surface area contributed by atoms with Crippen LogP contribution in [0.15, 0.2) is 51.9 Å². The molecule has 0 fully saturated rings. The highest BCUT2D eigenvalue weighted by Gasteiger charge is 2.32. The zero-order valence-electron chi connectivity index (χ0n) is 26.9. The van der Waals surface area contributed by atoms with Crippen LogP contribution >= 0.6 is 22.9 Å². The van der Waals surface area contributed by atoms with E-state index in [-0.39, 0.29) is 30.5 Å². The molecule has 0 spiro atoms. The SMILES string of the molecule is COc1cc(C#CCN)cc2cc(C(=O)NCCCNC(=O)C[C@@H]3N=C(c4ccc(Cl)cc4)c4c(sc(C)c4C)-n4c(C)nnc43)oc12. The molecule has 2 aromatic carbocycles. The molecule has 0 unspecified atom stereocenters.